The van der Waals surface area contributed by atoms with Crippen LogP contribution >= 0.6 is 23.5 Å². The molecule has 3 atom stereocenters. The van der Waals surface area contributed by atoms with Gasteiger partial charge in [-0.2, -0.15) is 11.8 Å². The fourth-order valence-corrected chi connectivity index (χ4v) is 9.46. The summed E-state index contributed by atoms with van der Waals surface area (Å²) in [5.41, 5.74) is 2.97. The fourth-order valence-electron chi connectivity index (χ4n) is 6.23. The third kappa shape index (κ3) is 13.8. The molecule has 1 aliphatic rings. The Kier molecular flexibility index (Phi) is 18.8. The van der Waals surface area contributed by atoms with Crippen molar-refractivity contribution in [2.75, 3.05) is 58.3 Å². The minimum Gasteiger partial charge on any atom is -0.468 e. The van der Waals surface area contributed by atoms with Gasteiger partial charge in [0.2, 0.25) is 9.04 Å². The Hall–Kier alpha value is -1.20. The van der Waals surface area contributed by atoms with Crippen molar-refractivity contribution in [1.29, 1.82) is 0 Å². The number of rotatable bonds is 24. The first-order chi connectivity index (χ1) is 23.1. The largest absolute Gasteiger partial charge is 0.468 e. The summed E-state index contributed by atoms with van der Waals surface area (Å²) < 4.78 is 33.8. The number of methoxy groups -OCH3 is 2. The lowest BCUT2D eigenvalue weighted by Gasteiger charge is -2.43. The van der Waals surface area contributed by atoms with E-state index in [4.69, 9.17) is 28.1 Å². The molecule has 0 aromatic heterocycles. The van der Waals surface area contributed by atoms with Crippen LogP contribution in [0.5, 0.6) is 11.5 Å². The van der Waals surface area contributed by atoms with Crippen molar-refractivity contribution in [3.05, 3.63) is 53.6 Å². The van der Waals surface area contributed by atoms with E-state index < -0.39 is 9.04 Å². The molecule has 0 fully saturated rings. The van der Waals surface area contributed by atoms with Crippen LogP contribution in [0.3, 0.4) is 0 Å². The van der Waals surface area contributed by atoms with E-state index in [-0.39, 0.29) is 30.5 Å². The van der Waals surface area contributed by atoms with Gasteiger partial charge in [-0.3, -0.25) is 0 Å². The van der Waals surface area contributed by atoms with E-state index in [0.29, 0.717) is 12.5 Å². The SMILES string of the molecule is COCOc1ccc(C2(C)CSc3cc(OCOC)ccc3C2CCCCCCCCCSCCOCC(O[Si](C)C)C(C)(C)C)cc1. The maximum Gasteiger partial charge on any atom is 0.205 e. The van der Waals surface area contributed by atoms with Crippen LogP contribution in [0.2, 0.25) is 13.1 Å². The van der Waals surface area contributed by atoms with Gasteiger partial charge in [-0.1, -0.05) is 84.4 Å². The Bertz CT molecular complexity index is 1160. The Labute approximate surface area is 302 Å². The average molecular weight is 720 g/mol. The lowest BCUT2D eigenvalue weighted by Crippen LogP contribution is -2.37. The summed E-state index contributed by atoms with van der Waals surface area (Å²) in [7, 11) is 2.59. The highest BCUT2D eigenvalue weighted by atomic mass is 32.2. The monoisotopic (exact) mass is 719 g/mol. The predicted molar refractivity (Wildman–Crippen MR) is 206 cm³/mol. The van der Waals surface area contributed by atoms with Gasteiger partial charge in [0.05, 0.1) is 19.3 Å². The molecular formula is C39H63O6S2Si. The summed E-state index contributed by atoms with van der Waals surface area (Å²) in [5.74, 6) is 5.50. The van der Waals surface area contributed by atoms with Crippen LogP contribution in [0.1, 0.15) is 96.1 Å². The maximum atomic E-state index is 6.18. The zero-order chi connectivity index (χ0) is 34.8. The van der Waals surface area contributed by atoms with Gasteiger partial charge in [-0.25, -0.2) is 0 Å². The van der Waals surface area contributed by atoms with E-state index in [1.807, 2.05) is 23.5 Å². The topological polar surface area (TPSA) is 55.4 Å². The molecule has 2 aromatic rings. The van der Waals surface area contributed by atoms with Gasteiger partial charge in [0.15, 0.2) is 13.6 Å². The lowest BCUT2D eigenvalue weighted by molar-refractivity contribution is -0.00112. The molecule has 0 bridgehead atoms. The summed E-state index contributed by atoms with van der Waals surface area (Å²) in [6.07, 6.45) is 10.5. The van der Waals surface area contributed by atoms with E-state index in [0.717, 1.165) is 29.6 Å². The number of hydrogen-bond acceptors (Lipinski definition) is 8. The third-order valence-corrected chi connectivity index (χ3v) is 12.3. The third-order valence-electron chi connectivity index (χ3n) is 9.12. The number of benzene rings is 2. The second-order valence-electron chi connectivity index (χ2n) is 14.4. The van der Waals surface area contributed by atoms with Crippen molar-refractivity contribution in [3.8, 4) is 11.5 Å². The van der Waals surface area contributed by atoms with Crippen LogP contribution < -0.4 is 9.47 Å². The summed E-state index contributed by atoms with van der Waals surface area (Å²) in [6, 6.07) is 15.3. The normalized spacial score (nSPS) is 18.6. The molecule has 9 heteroatoms. The first kappa shape index (κ1) is 41.2. The molecule has 0 N–H and O–H groups in total. The Morgan fingerprint density at radius 2 is 1.48 bits per heavy atom. The van der Waals surface area contributed by atoms with Gasteiger partial charge in [-0.05, 0) is 78.4 Å². The van der Waals surface area contributed by atoms with Gasteiger partial charge in [0.25, 0.3) is 0 Å². The molecule has 2 aromatic carbocycles. The molecule has 48 heavy (non-hydrogen) atoms. The van der Waals surface area contributed by atoms with E-state index in [1.165, 1.54) is 73.1 Å². The van der Waals surface area contributed by atoms with Gasteiger partial charge in [-0.15, -0.1) is 11.8 Å². The minimum atomic E-state index is -0.721. The van der Waals surface area contributed by atoms with Crippen molar-refractivity contribution in [2.24, 2.45) is 5.41 Å². The van der Waals surface area contributed by atoms with Crippen LogP contribution in [0.25, 0.3) is 0 Å². The van der Waals surface area contributed by atoms with Crippen molar-refractivity contribution in [1.82, 2.24) is 0 Å². The first-order valence-electron chi connectivity index (χ1n) is 17.8. The molecule has 0 amide bonds. The highest BCUT2D eigenvalue weighted by molar-refractivity contribution is 7.99. The molecule has 3 rings (SSSR count). The second-order valence-corrected chi connectivity index (χ2v) is 18.7. The zero-order valence-electron chi connectivity index (χ0n) is 31.1. The molecule has 6 nitrogen and oxygen atoms in total. The average Bonchev–Trinajstić information content (AvgIpc) is 3.06. The molecule has 0 saturated carbocycles. The Morgan fingerprint density at radius 1 is 0.854 bits per heavy atom. The molecule has 0 spiro atoms. The molecular weight excluding hydrogens is 657 g/mol. The van der Waals surface area contributed by atoms with Crippen LogP contribution in [-0.4, -0.2) is 73.4 Å². The van der Waals surface area contributed by atoms with Crippen molar-refractivity contribution >= 4 is 32.6 Å². The second kappa shape index (κ2) is 21.9. The van der Waals surface area contributed by atoms with E-state index >= 15 is 0 Å². The number of hydrogen-bond donors (Lipinski definition) is 0. The number of thioether (sulfide) groups is 2. The molecule has 1 radical (unpaired) electrons. The smallest absolute Gasteiger partial charge is 0.205 e. The zero-order valence-corrected chi connectivity index (χ0v) is 33.7. The van der Waals surface area contributed by atoms with Crippen LogP contribution in [0.15, 0.2) is 47.4 Å². The Balaban J connectivity index is 1.40. The molecule has 271 valence electrons. The van der Waals surface area contributed by atoms with E-state index in [2.05, 4.69) is 83.3 Å². The molecule has 3 unspecified atom stereocenters. The Morgan fingerprint density at radius 3 is 2.12 bits per heavy atom. The minimum absolute atomic E-state index is 0.0341. The number of fused-ring (bicyclic) bond motifs is 1. The molecule has 1 aliphatic heterocycles. The molecule has 0 aliphatic carbocycles. The number of unbranched alkanes of at least 4 members (excludes halogenated alkanes) is 6. The van der Waals surface area contributed by atoms with Crippen molar-refractivity contribution in [3.63, 3.8) is 0 Å². The quantitative estimate of drug-likeness (QED) is 0.0604. The summed E-state index contributed by atoms with van der Waals surface area (Å²) >= 11 is 3.97. The summed E-state index contributed by atoms with van der Waals surface area (Å²) in [4.78, 5) is 1.34. The summed E-state index contributed by atoms with van der Waals surface area (Å²) in [5, 5.41) is 0. The van der Waals surface area contributed by atoms with E-state index in [1.54, 1.807) is 14.2 Å². The standard InChI is InChI=1S/C39H63O6S2Si/c1-38(2,3)37(45-48(7)8)27-42-23-25-46-24-15-13-11-9-10-12-14-16-35-34-22-21-33(44-30-41-6)26-36(34)47-28-39(35,4)31-17-19-32(20-18-31)43-29-40-5/h17-22,26,35,37H,9-16,23-25,27-30H2,1-8H3. The highest BCUT2D eigenvalue weighted by Crippen LogP contribution is 2.52. The lowest BCUT2D eigenvalue weighted by atomic mass is 9.68. The van der Waals surface area contributed by atoms with Crippen LogP contribution in [0.4, 0.5) is 0 Å². The summed E-state index contributed by atoms with van der Waals surface area (Å²) in [6.45, 7) is 15.6. The van der Waals surface area contributed by atoms with Crippen molar-refractivity contribution < 1.29 is 28.1 Å². The van der Waals surface area contributed by atoms with Gasteiger partial charge >= 0.3 is 0 Å². The fraction of sp³-hybridized carbons (Fsp3) is 0.692. The van der Waals surface area contributed by atoms with E-state index in [9.17, 15) is 0 Å². The maximum absolute atomic E-state index is 6.18. The van der Waals surface area contributed by atoms with Crippen LogP contribution in [0, 0.1) is 5.41 Å². The highest BCUT2D eigenvalue weighted by Gasteiger charge is 2.41. The van der Waals surface area contributed by atoms with Gasteiger partial charge in [0.1, 0.15) is 11.5 Å². The van der Waals surface area contributed by atoms with Gasteiger partial charge in [0, 0.05) is 36.0 Å². The molecule has 0 saturated heterocycles. The first-order valence-corrected chi connectivity index (χ1v) is 22.4. The van der Waals surface area contributed by atoms with Crippen molar-refractivity contribution in [2.45, 2.75) is 114 Å². The number of ether oxygens (including phenoxy) is 5. The molecule has 1 heterocycles. The van der Waals surface area contributed by atoms with Gasteiger partial charge < -0.3 is 28.1 Å². The predicted octanol–water partition coefficient (Wildman–Crippen LogP) is 10.4. The van der Waals surface area contributed by atoms with Crippen LogP contribution in [-0.2, 0) is 24.1 Å².